The maximum absolute atomic E-state index is 6.37. The Morgan fingerprint density at radius 1 is 0.667 bits per heavy atom. The fourth-order valence-corrected chi connectivity index (χ4v) is 3.44. The summed E-state index contributed by atoms with van der Waals surface area (Å²) < 4.78 is 6.37. The molecule has 27 heavy (non-hydrogen) atoms. The van der Waals surface area contributed by atoms with Gasteiger partial charge in [0.2, 0.25) is 0 Å². The van der Waals surface area contributed by atoms with Crippen molar-refractivity contribution in [2.24, 2.45) is 0 Å². The second-order valence-electron chi connectivity index (χ2n) is 8.57. The molecule has 0 saturated carbocycles. The zero-order valence-electron chi connectivity index (χ0n) is 19.0. The standard InChI is InChI=1S/C23H43N3O/c1-8-9-10-11-12-13-14-27-23-21(18-25(4)5)15-20(17-24(2)3)16-22(23)19-26(6)7/h15-16H,8-14,17-19H2,1-7H3. The van der Waals surface area contributed by atoms with Crippen molar-refractivity contribution >= 4 is 0 Å². The Kier molecular flexibility index (Phi) is 11.7. The molecule has 0 aliphatic heterocycles. The molecule has 1 rings (SSSR count). The lowest BCUT2D eigenvalue weighted by atomic mass is 10.0. The number of unbranched alkanes of at least 4 members (excludes halogenated alkanes) is 5. The molecule has 0 unspecified atom stereocenters. The van der Waals surface area contributed by atoms with Crippen molar-refractivity contribution in [1.82, 2.24) is 14.7 Å². The minimum absolute atomic E-state index is 0.819. The Balaban J connectivity index is 2.91. The van der Waals surface area contributed by atoms with E-state index >= 15 is 0 Å². The van der Waals surface area contributed by atoms with E-state index in [1.54, 1.807) is 0 Å². The summed E-state index contributed by atoms with van der Waals surface area (Å²) in [4.78, 5) is 6.68. The van der Waals surface area contributed by atoms with Crippen LogP contribution in [0.4, 0.5) is 0 Å². The van der Waals surface area contributed by atoms with Gasteiger partial charge in [-0.1, -0.05) is 39.0 Å². The maximum atomic E-state index is 6.37. The average molecular weight is 378 g/mol. The van der Waals surface area contributed by atoms with Gasteiger partial charge in [0, 0.05) is 30.8 Å². The van der Waals surface area contributed by atoms with E-state index < -0.39 is 0 Å². The third kappa shape index (κ3) is 10.1. The summed E-state index contributed by atoms with van der Waals surface area (Å²) in [6.07, 6.45) is 7.75. The van der Waals surface area contributed by atoms with Gasteiger partial charge in [0.15, 0.2) is 0 Å². The predicted molar refractivity (Wildman–Crippen MR) is 117 cm³/mol. The highest BCUT2D eigenvalue weighted by molar-refractivity contribution is 5.45. The molecule has 0 bridgehead atoms. The highest BCUT2D eigenvalue weighted by atomic mass is 16.5. The van der Waals surface area contributed by atoms with E-state index in [1.807, 2.05) is 0 Å². The topological polar surface area (TPSA) is 19.0 Å². The number of benzene rings is 1. The van der Waals surface area contributed by atoms with Gasteiger partial charge >= 0.3 is 0 Å². The van der Waals surface area contributed by atoms with Crippen LogP contribution in [-0.4, -0.2) is 63.6 Å². The molecule has 0 N–H and O–H groups in total. The second-order valence-corrected chi connectivity index (χ2v) is 8.57. The predicted octanol–water partition coefficient (Wildman–Crippen LogP) is 4.61. The lowest BCUT2D eigenvalue weighted by Gasteiger charge is -2.23. The Hall–Kier alpha value is -1.10. The van der Waals surface area contributed by atoms with E-state index in [9.17, 15) is 0 Å². The fourth-order valence-electron chi connectivity index (χ4n) is 3.44. The number of hydrogen-bond donors (Lipinski definition) is 0. The van der Waals surface area contributed by atoms with Crippen LogP contribution in [0.25, 0.3) is 0 Å². The zero-order chi connectivity index (χ0) is 20.2. The quantitative estimate of drug-likeness (QED) is 0.441. The fraction of sp³-hybridized carbons (Fsp3) is 0.739. The lowest BCUT2D eigenvalue weighted by molar-refractivity contribution is 0.285. The molecule has 0 saturated heterocycles. The number of rotatable bonds is 14. The third-order valence-corrected chi connectivity index (χ3v) is 4.52. The van der Waals surface area contributed by atoms with Crippen molar-refractivity contribution in [2.75, 3.05) is 48.9 Å². The maximum Gasteiger partial charge on any atom is 0.128 e. The Morgan fingerprint density at radius 3 is 1.63 bits per heavy atom. The molecule has 0 atom stereocenters. The Labute approximate surface area is 168 Å². The van der Waals surface area contributed by atoms with Crippen LogP contribution in [0.5, 0.6) is 5.75 Å². The van der Waals surface area contributed by atoms with Crippen LogP contribution in [0.15, 0.2) is 12.1 Å². The largest absolute Gasteiger partial charge is 0.493 e. The van der Waals surface area contributed by atoms with Gasteiger partial charge in [-0.15, -0.1) is 0 Å². The summed E-state index contributed by atoms with van der Waals surface area (Å²) in [5.74, 6) is 1.11. The van der Waals surface area contributed by atoms with Crippen LogP contribution < -0.4 is 4.74 Å². The van der Waals surface area contributed by atoms with E-state index in [0.717, 1.165) is 38.4 Å². The summed E-state index contributed by atoms with van der Waals surface area (Å²) in [6.45, 7) is 5.86. The molecule has 0 aromatic heterocycles. The molecule has 0 amide bonds. The van der Waals surface area contributed by atoms with Crippen molar-refractivity contribution in [3.8, 4) is 5.75 Å². The van der Waals surface area contributed by atoms with Crippen molar-refractivity contribution in [3.05, 3.63) is 28.8 Å². The molecule has 1 aromatic rings. The highest BCUT2D eigenvalue weighted by Crippen LogP contribution is 2.29. The third-order valence-electron chi connectivity index (χ3n) is 4.52. The van der Waals surface area contributed by atoms with E-state index in [4.69, 9.17) is 4.74 Å². The first-order valence-corrected chi connectivity index (χ1v) is 10.5. The average Bonchev–Trinajstić information content (AvgIpc) is 2.54. The van der Waals surface area contributed by atoms with Crippen molar-refractivity contribution in [3.63, 3.8) is 0 Å². The zero-order valence-corrected chi connectivity index (χ0v) is 19.0. The van der Waals surface area contributed by atoms with Crippen LogP contribution in [-0.2, 0) is 19.6 Å². The number of nitrogens with zero attached hydrogens (tertiary/aromatic N) is 3. The van der Waals surface area contributed by atoms with Crippen LogP contribution in [0.2, 0.25) is 0 Å². The number of ether oxygens (including phenoxy) is 1. The molecule has 4 heteroatoms. The molecule has 4 nitrogen and oxygen atoms in total. The highest BCUT2D eigenvalue weighted by Gasteiger charge is 2.15. The summed E-state index contributed by atoms with van der Waals surface area (Å²) in [5.41, 5.74) is 3.98. The normalized spacial score (nSPS) is 11.8. The van der Waals surface area contributed by atoms with Gasteiger partial charge in [-0.25, -0.2) is 0 Å². The van der Waals surface area contributed by atoms with Crippen molar-refractivity contribution in [2.45, 2.75) is 65.1 Å². The van der Waals surface area contributed by atoms with Gasteiger partial charge in [-0.2, -0.15) is 0 Å². The molecular weight excluding hydrogens is 334 g/mol. The molecule has 156 valence electrons. The minimum atomic E-state index is 0.819. The van der Waals surface area contributed by atoms with E-state index in [2.05, 4.69) is 76.0 Å². The van der Waals surface area contributed by atoms with Gasteiger partial charge in [0.25, 0.3) is 0 Å². The first kappa shape index (κ1) is 23.9. The molecule has 1 aromatic carbocycles. The first-order chi connectivity index (χ1) is 12.8. The van der Waals surface area contributed by atoms with E-state index in [-0.39, 0.29) is 0 Å². The van der Waals surface area contributed by atoms with Gasteiger partial charge in [-0.05, 0) is 66.4 Å². The molecule has 0 radical (unpaired) electrons. The molecule has 0 heterocycles. The summed E-state index contributed by atoms with van der Waals surface area (Å²) in [7, 11) is 12.8. The summed E-state index contributed by atoms with van der Waals surface area (Å²) in [5, 5.41) is 0. The molecule has 0 aliphatic rings. The molecule has 0 fully saturated rings. The number of hydrogen-bond acceptors (Lipinski definition) is 4. The Bertz CT molecular complexity index is 495. The minimum Gasteiger partial charge on any atom is -0.493 e. The summed E-state index contributed by atoms with van der Waals surface area (Å²) in [6, 6.07) is 4.66. The van der Waals surface area contributed by atoms with Crippen molar-refractivity contribution < 1.29 is 4.74 Å². The molecule has 0 aliphatic carbocycles. The smallest absolute Gasteiger partial charge is 0.128 e. The van der Waals surface area contributed by atoms with E-state index in [1.165, 1.54) is 48.8 Å². The second kappa shape index (κ2) is 13.1. The first-order valence-electron chi connectivity index (χ1n) is 10.5. The molecule has 0 spiro atoms. The summed E-state index contributed by atoms with van der Waals surface area (Å²) >= 11 is 0. The SMILES string of the molecule is CCCCCCCCOc1c(CN(C)C)cc(CN(C)C)cc1CN(C)C. The van der Waals surface area contributed by atoms with Crippen LogP contribution in [0, 0.1) is 0 Å². The van der Waals surface area contributed by atoms with Gasteiger partial charge in [-0.3, -0.25) is 0 Å². The van der Waals surface area contributed by atoms with Crippen LogP contribution >= 0.6 is 0 Å². The van der Waals surface area contributed by atoms with Crippen LogP contribution in [0.3, 0.4) is 0 Å². The lowest BCUT2D eigenvalue weighted by Crippen LogP contribution is -2.18. The Morgan fingerprint density at radius 2 is 1.15 bits per heavy atom. The van der Waals surface area contributed by atoms with Gasteiger partial charge < -0.3 is 19.4 Å². The van der Waals surface area contributed by atoms with Crippen LogP contribution in [0.1, 0.15) is 62.1 Å². The van der Waals surface area contributed by atoms with E-state index in [0.29, 0.717) is 0 Å². The molecular formula is C23H43N3O. The van der Waals surface area contributed by atoms with Gasteiger partial charge in [0.05, 0.1) is 6.61 Å². The van der Waals surface area contributed by atoms with Crippen molar-refractivity contribution in [1.29, 1.82) is 0 Å². The monoisotopic (exact) mass is 377 g/mol. The van der Waals surface area contributed by atoms with Gasteiger partial charge in [0.1, 0.15) is 5.75 Å².